The molecule has 0 heterocycles. The van der Waals surface area contributed by atoms with Gasteiger partial charge in [0.05, 0.1) is 22.4 Å². The number of carbonyl (C=O) groups excluding carboxylic acids is 1. The highest BCUT2D eigenvalue weighted by Crippen LogP contribution is 2.40. The Morgan fingerprint density at radius 3 is 2.14 bits per heavy atom. The first-order valence-electron chi connectivity index (χ1n) is 11.2. The molecule has 6 nitrogen and oxygen atoms in total. The molecule has 0 amide bonds. The summed E-state index contributed by atoms with van der Waals surface area (Å²) in [6.07, 6.45) is -0.207. The molecule has 0 aromatic heterocycles. The van der Waals surface area contributed by atoms with Gasteiger partial charge in [0.2, 0.25) is 0 Å². The molecule has 0 spiro atoms. The Morgan fingerprint density at radius 1 is 1.03 bits per heavy atom. The fourth-order valence-corrected chi connectivity index (χ4v) is 5.04. The molecule has 2 rings (SSSR count). The molecule has 35 heavy (non-hydrogen) atoms. The van der Waals surface area contributed by atoms with E-state index in [2.05, 4.69) is 0 Å². The summed E-state index contributed by atoms with van der Waals surface area (Å²) in [5, 5.41) is 0.531. The average molecular weight is 566 g/mol. The molecule has 10 heteroatoms. The molecule has 194 valence electrons. The van der Waals surface area contributed by atoms with Crippen LogP contribution in [0.1, 0.15) is 45.2 Å². The Kier molecular flexibility index (Phi) is 11.0. The zero-order chi connectivity index (χ0) is 26.2. The molecule has 0 aliphatic heterocycles. The topological polar surface area (TPSA) is 78.9 Å². The van der Waals surface area contributed by atoms with E-state index in [-0.39, 0.29) is 33.9 Å². The predicted molar refractivity (Wildman–Crippen MR) is 141 cm³/mol. The maximum absolute atomic E-state index is 12.0. The fraction of sp³-hybridized carbons (Fsp3) is 0.480. The highest BCUT2D eigenvalue weighted by atomic mass is 35.5. The quantitative estimate of drug-likeness (QED) is 0.167. The second-order valence-corrected chi connectivity index (χ2v) is 12.1. The standard InChI is InChI=1S/C25H31Cl3O6S/c1-5-35(30,31)16-21(34-17(2)29)15-33-24-22(27)13-19(14-23(24)28)25(3,4)18-7-9-20(10-8-18)32-12-6-11-26/h7-10,13-14,21H,5-6,11-12,15-16H2,1-4H3/t21-/m0/s1. The molecule has 0 saturated heterocycles. The summed E-state index contributed by atoms with van der Waals surface area (Å²) < 4.78 is 40.5. The third kappa shape index (κ3) is 8.74. The lowest BCUT2D eigenvalue weighted by Crippen LogP contribution is -2.32. The van der Waals surface area contributed by atoms with Crippen molar-refractivity contribution in [1.82, 2.24) is 0 Å². The van der Waals surface area contributed by atoms with Gasteiger partial charge in [-0.25, -0.2) is 8.42 Å². The van der Waals surface area contributed by atoms with E-state index < -0.39 is 27.3 Å². The van der Waals surface area contributed by atoms with Crippen molar-refractivity contribution in [2.45, 2.75) is 45.6 Å². The van der Waals surface area contributed by atoms with Crippen LogP contribution < -0.4 is 9.47 Å². The summed E-state index contributed by atoms with van der Waals surface area (Å²) in [6, 6.07) is 11.3. The number of benzene rings is 2. The number of hydrogen-bond acceptors (Lipinski definition) is 6. The highest BCUT2D eigenvalue weighted by molar-refractivity contribution is 7.91. The third-order valence-corrected chi connectivity index (χ3v) is 8.06. The number of ether oxygens (including phenoxy) is 3. The van der Waals surface area contributed by atoms with Crippen molar-refractivity contribution in [3.63, 3.8) is 0 Å². The Bertz CT molecular complexity index is 1080. The molecule has 0 aliphatic carbocycles. The van der Waals surface area contributed by atoms with E-state index in [0.29, 0.717) is 12.5 Å². The lowest BCUT2D eigenvalue weighted by molar-refractivity contribution is -0.146. The van der Waals surface area contributed by atoms with Crippen LogP contribution in [0.4, 0.5) is 0 Å². The van der Waals surface area contributed by atoms with Gasteiger partial charge in [-0.3, -0.25) is 4.79 Å². The maximum atomic E-state index is 12.0. The molecule has 0 unspecified atom stereocenters. The van der Waals surface area contributed by atoms with E-state index in [1.165, 1.54) is 13.8 Å². The van der Waals surface area contributed by atoms with Gasteiger partial charge < -0.3 is 14.2 Å². The Labute approximate surface area is 222 Å². The van der Waals surface area contributed by atoms with Crippen molar-refractivity contribution in [2.75, 3.05) is 30.6 Å². The van der Waals surface area contributed by atoms with Crippen molar-refractivity contribution in [1.29, 1.82) is 0 Å². The summed E-state index contributed by atoms with van der Waals surface area (Å²) in [7, 11) is -3.39. The maximum Gasteiger partial charge on any atom is 0.303 e. The first kappa shape index (κ1) is 29.6. The largest absolute Gasteiger partial charge is 0.494 e. The van der Waals surface area contributed by atoms with Crippen molar-refractivity contribution in [3.05, 3.63) is 57.6 Å². The van der Waals surface area contributed by atoms with Gasteiger partial charge >= 0.3 is 5.97 Å². The molecular formula is C25H31Cl3O6S. The summed E-state index contributed by atoms with van der Waals surface area (Å²) >= 11 is 18.7. The van der Waals surface area contributed by atoms with Crippen molar-refractivity contribution >= 4 is 50.6 Å². The molecule has 2 aromatic rings. The minimum absolute atomic E-state index is 0.0728. The SMILES string of the molecule is CCS(=O)(=O)C[C@H](COc1c(Cl)cc(C(C)(C)c2ccc(OCCCCl)cc2)cc1Cl)OC(C)=O. The number of hydrogen-bond donors (Lipinski definition) is 0. The smallest absolute Gasteiger partial charge is 0.303 e. The van der Waals surface area contributed by atoms with Crippen LogP contribution in [0.25, 0.3) is 0 Å². The minimum Gasteiger partial charge on any atom is -0.494 e. The summed E-state index contributed by atoms with van der Waals surface area (Å²) in [5.41, 5.74) is 1.46. The lowest BCUT2D eigenvalue weighted by Gasteiger charge is -2.27. The van der Waals surface area contributed by atoms with Gasteiger partial charge in [-0.05, 0) is 41.8 Å². The lowest BCUT2D eigenvalue weighted by atomic mass is 9.78. The van der Waals surface area contributed by atoms with Crippen LogP contribution in [0.2, 0.25) is 10.0 Å². The van der Waals surface area contributed by atoms with E-state index in [1.54, 1.807) is 12.1 Å². The van der Waals surface area contributed by atoms with Gasteiger partial charge in [-0.1, -0.05) is 56.1 Å². The number of alkyl halides is 1. The number of halogens is 3. The monoisotopic (exact) mass is 564 g/mol. The van der Waals surface area contributed by atoms with Crippen LogP contribution in [0.5, 0.6) is 11.5 Å². The van der Waals surface area contributed by atoms with E-state index in [4.69, 9.17) is 49.0 Å². The van der Waals surface area contributed by atoms with Crippen molar-refractivity contribution < 1.29 is 27.4 Å². The van der Waals surface area contributed by atoms with Gasteiger partial charge in [0.15, 0.2) is 15.6 Å². The Hall–Kier alpha value is -1.67. The predicted octanol–water partition coefficient (Wildman–Crippen LogP) is 6.07. The average Bonchev–Trinajstić information content (AvgIpc) is 2.78. The Balaban J connectivity index is 2.20. The van der Waals surface area contributed by atoms with Gasteiger partial charge in [0.25, 0.3) is 0 Å². The number of esters is 1. The molecular weight excluding hydrogens is 535 g/mol. The summed E-state index contributed by atoms with van der Waals surface area (Å²) in [5.74, 6) is 0.485. The fourth-order valence-electron chi connectivity index (χ4n) is 3.37. The number of carbonyl (C=O) groups is 1. The second kappa shape index (κ2) is 13.0. The van der Waals surface area contributed by atoms with Crippen LogP contribution in [0, 0.1) is 0 Å². The van der Waals surface area contributed by atoms with Gasteiger partial charge in [-0.15, -0.1) is 11.6 Å². The van der Waals surface area contributed by atoms with Crippen molar-refractivity contribution in [2.24, 2.45) is 0 Å². The Morgan fingerprint density at radius 2 is 1.63 bits per heavy atom. The van der Waals surface area contributed by atoms with Crippen LogP contribution in [-0.4, -0.2) is 51.1 Å². The van der Waals surface area contributed by atoms with Crippen LogP contribution in [-0.2, 0) is 24.8 Å². The van der Waals surface area contributed by atoms with E-state index in [0.717, 1.165) is 23.3 Å². The van der Waals surface area contributed by atoms with E-state index >= 15 is 0 Å². The summed E-state index contributed by atoms with van der Waals surface area (Å²) in [6.45, 7) is 7.18. The third-order valence-electron chi connectivity index (χ3n) is 5.47. The molecule has 0 aliphatic rings. The molecule has 0 bridgehead atoms. The summed E-state index contributed by atoms with van der Waals surface area (Å²) in [4.78, 5) is 11.4. The molecule has 1 atom stereocenters. The van der Waals surface area contributed by atoms with Crippen LogP contribution in [0.15, 0.2) is 36.4 Å². The van der Waals surface area contributed by atoms with Gasteiger partial charge in [0.1, 0.15) is 18.5 Å². The van der Waals surface area contributed by atoms with Gasteiger partial charge in [-0.2, -0.15) is 0 Å². The zero-order valence-electron chi connectivity index (χ0n) is 20.3. The molecule has 0 N–H and O–H groups in total. The molecule has 0 radical (unpaired) electrons. The van der Waals surface area contributed by atoms with E-state index in [9.17, 15) is 13.2 Å². The first-order chi connectivity index (χ1) is 16.4. The first-order valence-corrected chi connectivity index (χ1v) is 14.3. The number of sulfone groups is 1. The second-order valence-electron chi connectivity index (χ2n) is 8.55. The van der Waals surface area contributed by atoms with E-state index in [1.807, 2.05) is 38.1 Å². The highest BCUT2D eigenvalue weighted by Gasteiger charge is 2.27. The zero-order valence-corrected chi connectivity index (χ0v) is 23.4. The number of rotatable bonds is 13. The molecule has 0 fully saturated rings. The van der Waals surface area contributed by atoms with Crippen molar-refractivity contribution in [3.8, 4) is 11.5 Å². The van der Waals surface area contributed by atoms with Gasteiger partial charge in [0, 0.05) is 24.0 Å². The normalized spacial score (nSPS) is 12.8. The van der Waals surface area contributed by atoms with Crippen LogP contribution >= 0.6 is 34.8 Å². The minimum atomic E-state index is -3.39. The molecule has 0 saturated carbocycles. The molecule has 2 aromatic carbocycles. The van der Waals surface area contributed by atoms with Crippen LogP contribution in [0.3, 0.4) is 0 Å².